The molecule has 0 unspecified atom stereocenters. The minimum Gasteiger partial charge on any atom is -0.479 e. The first kappa shape index (κ1) is 15.7. The van der Waals surface area contributed by atoms with E-state index in [1.165, 1.54) is 0 Å². The fraction of sp³-hybridized carbons (Fsp3) is 0.364. The van der Waals surface area contributed by atoms with E-state index in [9.17, 15) is 31.5 Å². The third kappa shape index (κ3) is 2.61. The van der Waals surface area contributed by atoms with Crippen molar-refractivity contribution in [3.05, 3.63) is 29.8 Å². The molecule has 1 aromatic carbocycles. The molecule has 2 rings (SSSR count). The van der Waals surface area contributed by atoms with Crippen LogP contribution in [0.3, 0.4) is 0 Å². The third-order valence-electron chi connectivity index (χ3n) is 3.08. The van der Waals surface area contributed by atoms with Crippen LogP contribution < -0.4 is 0 Å². The first-order valence-corrected chi connectivity index (χ1v) is 7.05. The average Bonchev–Trinajstić information content (AvgIpc) is 2.33. The number of carboxylic acids is 1. The largest absolute Gasteiger partial charge is 0.479 e. The Morgan fingerprint density at radius 2 is 1.76 bits per heavy atom. The van der Waals surface area contributed by atoms with Gasteiger partial charge < -0.3 is 10.2 Å². The summed E-state index contributed by atoms with van der Waals surface area (Å²) >= 11 is 0. The molecule has 2 N–H and O–H groups in total. The van der Waals surface area contributed by atoms with Gasteiger partial charge in [-0.1, -0.05) is 12.1 Å². The van der Waals surface area contributed by atoms with Crippen molar-refractivity contribution < 1.29 is 36.6 Å². The van der Waals surface area contributed by atoms with Gasteiger partial charge in [0.25, 0.3) is 0 Å². The molecule has 0 bridgehead atoms. The Labute approximate surface area is 117 Å². The molecule has 0 aliphatic carbocycles. The quantitative estimate of drug-likeness (QED) is 0.845. The van der Waals surface area contributed by atoms with Gasteiger partial charge in [0, 0.05) is 0 Å². The monoisotopic (exact) mass is 325 g/mol. The summed E-state index contributed by atoms with van der Waals surface area (Å²) in [5.41, 5.74) is -3.60. The molecular weight excluding hydrogens is 315 g/mol. The Kier molecular flexibility index (Phi) is 3.51. The van der Waals surface area contributed by atoms with Crippen LogP contribution in [0.4, 0.5) is 13.2 Å². The van der Waals surface area contributed by atoms with Crippen LogP contribution in [0.25, 0.3) is 0 Å². The first-order chi connectivity index (χ1) is 9.48. The van der Waals surface area contributed by atoms with Gasteiger partial charge in [0.1, 0.15) is 0 Å². The molecule has 1 aromatic rings. The highest BCUT2D eigenvalue weighted by Gasteiger charge is 2.53. The van der Waals surface area contributed by atoms with Crippen LogP contribution >= 0.6 is 0 Å². The van der Waals surface area contributed by atoms with Crippen LogP contribution in [0.15, 0.2) is 29.2 Å². The highest BCUT2D eigenvalue weighted by Crippen LogP contribution is 2.37. The van der Waals surface area contributed by atoms with Gasteiger partial charge in [0.2, 0.25) is 10.0 Å². The normalized spacial score (nSPS) is 19.0. The number of hydrogen-bond donors (Lipinski definition) is 2. The van der Waals surface area contributed by atoms with Crippen molar-refractivity contribution in [3.63, 3.8) is 0 Å². The second kappa shape index (κ2) is 4.68. The second-order valence-electron chi connectivity index (χ2n) is 4.60. The molecule has 1 aliphatic heterocycles. The van der Waals surface area contributed by atoms with E-state index in [4.69, 9.17) is 5.11 Å². The van der Waals surface area contributed by atoms with Gasteiger partial charge in [0.05, 0.1) is 23.5 Å². The Morgan fingerprint density at radius 1 is 1.24 bits per heavy atom. The van der Waals surface area contributed by atoms with E-state index in [1.54, 1.807) is 0 Å². The number of sulfonamides is 1. The van der Waals surface area contributed by atoms with Crippen LogP contribution in [0.1, 0.15) is 5.56 Å². The van der Waals surface area contributed by atoms with E-state index in [0.717, 1.165) is 18.2 Å². The van der Waals surface area contributed by atoms with Crippen molar-refractivity contribution in [3.8, 4) is 0 Å². The van der Waals surface area contributed by atoms with E-state index < -0.39 is 51.3 Å². The predicted molar refractivity (Wildman–Crippen MR) is 62.8 cm³/mol. The van der Waals surface area contributed by atoms with Crippen LogP contribution in [0, 0.1) is 0 Å². The molecule has 1 saturated heterocycles. The van der Waals surface area contributed by atoms with E-state index in [2.05, 4.69) is 0 Å². The summed E-state index contributed by atoms with van der Waals surface area (Å²) in [6.07, 6.45) is -4.86. The summed E-state index contributed by atoms with van der Waals surface area (Å²) in [5.74, 6) is -1.63. The van der Waals surface area contributed by atoms with Gasteiger partial charge in [0.15, 0.2) is 5.60 Å². The molecule has 21 heavy (non-hydrogen) atoms. The fourth-order valence-corrected chi connectivity index (χ4v) is 3.66. The number of β-amino-alcohol motifs (C(OH)–C–C–N with tert-alkyl or cyclic N) is 1. The van der Waals surface area contributed by atoms with Gasteiger partial charge in [-0.2, -0.15) is 17.5 Å². The van der Waals surface area contributed by atoms with Gasteiger partial charge >= 0.3 is 12.1 Å². The molecule has 0 aromatic heterocycles. The molecule has 1 heterocycles. The van der Waals surface area contributed by atoms with E-state index in [-0.39, 0.29) is 0 Å². The smallest absolute Gasteiger partial charge is 0.417 e. The summed E-state index contributed by atoms with van der Waals surface area (Å²) in [4.78, 5) is 9.72. The van der Waals surface area contributed by atoms with Crippen LogP contribution in [0.5, 0.6) is 0 Å². The van der Waals surface area contributed by atoms with Crippen molar-refractivity contribution in [2.45, 2.75) is 16.7 Å². The lowest BCUT2D eigenvalue weighted by Crippen LogP contribution is -2.67. The van der Waals surface area contributed by atoms with Gasteiger partial charge in [-0.05, 0) is 12.1 Å². The lowest BCUT2D eigenvalue weighted by Gasteiger charge is -2.42. The minimum atomic E-state index is -4.86. The fourth-order valence-electron chi connectivity index (χ4n) is 1.91. The highest BCUT2D eigenvalue weighted by atomic mass is 32.2. The summed E-state index contributed by atoms with van der Waals surface area (Å²) in [7, 11) is -4.53. The topological polar surface area (TPSA) is 94.9 Å². The molecule has 6 nitrogen and oxygen atoms in total. The zero-order valence-corrected chi connectivity index (χ0v) is 11.1. The molecule has 1 fully saturated rings. The van der Waals surface area contributed by atoms with Crippen LogP contribution in [0.2, 0.25) is 0 Å². The molecule has 0 radical (unpaired) electrons. The number of alkyl halides is 3. The summed E-state index contributed by atoms with van der Waals surface area (Å²) in [5, 5.41) is 18.1. The third-order valence-corrected chi connectivity index (χ3v) is 4.93. The molecule has 10 heteroatoms. The summed E-state index contributed by atoms with van der Waals surface area (Å²) in [6, 6.07) is 3.59. The van der Waals surface area contributed by atoms with Crippen molar-refractivity contribution in [2.75, 3.05) is 13.1 Å². The Bertz CT molecular complexity index is 679. The van der Waals surface area contributed by atoms with Gasteiger partial charge in [-0.15, -0.1) is 0 Å². The number of hydrogen-bond acceptors (Lipinski definition) is 4. The lowest BCUT2D eigenvalue weighted by molar-refractivity contribution is -0.170. The SMILES string of the molecule is O=C(O)C1(O)CN(S(=O)(=O)c2ccccc2C(F)(F)F)C1. The molecule has 1 aliphatic rings. The summed E-state index contributed by atoms with van der Waals surface area (Å²) < 4.78 is 63.2. The average molecular weight is 325 g/mol. The van der Waals surface area contributed by atoms with E-state index in [1.807, 2.05) is 0 Å². The van der Waals surface area contributed by atoms with Crippen molar-refractivity contribution in [1.29, 1.82) is 0 Å². The number of benzene rings is 1. The summed E-state index contributed by atoms with van der Waals surface area (Å²) in [6.45, 7) is -1.59. The number of aliphatic hydroxyl groups is 1. The van der Waals surface area contributed by atoms with Crippen LogP contribution in [-0.2, 0) is 21.0 Å². The Hall–Kier alpha value is -1.65. The zero-order valence-electron chi connectivity index (χ0n) is 10.3. The number of carbonyl (C=O) groups is 1. The van der Waals surface area contributed by atoms with Gasteiger partial charge in [-0.25, -0.2) is 13.2 Å². The predicted octanol–water partition coefficient (Wildman–Crippen LogP) is 0.525. The Balaban J connectivity index is 2.38. The second-order valence-corrected chi connectivity index (χ2v) is 6.51. The molecular formula is C11H10F3NO5S. The molecule has 0 amide bonds. The van der Waals surface area contributed by atoms with E-state index >= 15 is 0 Å². The molecule has 0 saturated carbocycles. The maximum Gasteiger partial charge on any atom is 0.417 e. The standard InChI is InChI=1S/C11H10F3NO5S/c12-11(13,14)7-3-1-2-4-8(7)21(19,20)15-5-10(18,6-15)9(16)17/h1-4,18H,5-6H2,(H,16,17). The molecule has 116 valence electrons. The molecule has 0 spiro atoms. The zero-order chi connectivity index (χ0) is 16.1. The maximum absolute atomic E-state index is 12.8. The van der Waals surface area contributed by atoms with Crippen molar-refractivity contribution in [2.24, 2.45) is 0 Å². The Morgan fingerprint density at radius 3 is 2.24 bits per heavy atom. The maximum atomic E-state index is 12.8. The molecule has 0 atom stereocenters. The lowest BCUT2D eigenvalue weighted by atomic mass is 9.98. The number of aliphatic carboxylic acids is 1. The van der Waals surface area contributed by atoms with E-state index in [0.29, 0.717) is 10.4 Å². The van der Waals surface area contributed by atoms with Crippen molar-refractivity contribution >= 4 is 16.0 Å². The van der Waals surface area contributed by atoms with Crippen molar-refractivity contribution in [1.82, 2.24) is 4.31 Å². The number of halogens is 3. The number of rotatable bonds is 3. The van der Waals surface area contributed by atoms with Gasteiger partial charge in [-0.3, -0.25) is 0 Å². The first-order valence-electron chi connectivity index (χ1n) is 5.61. The van der Waals surface area contributed by atoms with Crippen LogP contribution in [-0.4, -0.2) is 47.6 Å². The number of nitrogens with zero attached hydrogens (tertiary/aromatic N) is 1. The minimum absolute atomic E-state index is 0.492. The highest BCUT2D eigenvalue weighted by molar-refractivity contribution is 7.89. The number of carboxylic acid groups (broad SMARTS) is 1.